The number of nitrogens with one attached hydrogen (secondary N) is 1. The number of rotatable bonds is 2. The highest BCUT2D eigenvalue weighted by Gasteiger charge is 2.15. The number of ether oxygens (including phenoxy) is 1. The molecular formula is C14H9BrCl2N2OS. The lowest BCUT2D eigenvalue weighted by Crippen LogP contribution is -1.96. The van der Waals surface area contributed by atoms with Gasteiger partial charge in [0.15, 0.2) is 4.77 Å². The maximum Gasteiger partial charge on any atom is 0.182 e. The van der Waals surface area contributed by atoms with Crippen molar-refractivity contribution in [1.29, 1.82) is 0 Å². The van der Waals surface area contributed by atoms with E-state index in [2.05, 4.69) is 20.9 Å². The van der Waals surface area contributed by atoms with E-state index in [0.717, 1.165) is 26.9 Å². The molecule has 2 aromatic carbocycles. The monoisotopic (exact) mass is 402 g/mol. The summed E-state index contributed by atoms with van der Waals surface area (Å²) in [4.78, 5) is 3.15. The second-order valence-electron chi connectivity index (χ2n) is 4.31. The van der Waals surface area contributed by atoms with Gasteiger partial charge < -0.3 is 9.72 Å². The van der Waals surface area contributed by atoms with Crippen LogP contribution < -0.4 is 4.74 Å². The van der Waals surface area contributed by atoms with Crippen LogP contribution in [0.1, 0.15) is 0 Å². The molecule has 0 aliphatic carbocycles. The van der Waals surface area contributed by atoms with Crippen molar-refractivity contribution in [3.63, 3.8) is 0 Å². The zero-order chi connectivity index (χ0) is 15.1. The van der Waals surface area contributed by atoms with Crippen molar-refractivity contribution >= 4 is 62.4 Å². The van der Waals surface area contributed by atoms with E-state index >= 15 is 0 Å². The molecule has 0 aliphatic heterocycles. The molecule has 3 nitrogen and oxygen atoms in total. The molecule has 3 rings (SSSR count). The van der Waals surface area contributed by atoms with E-state index in [0.29, 0.717) is 14.8 Å². The molecular weight excluding hydrogens is 395 g/mol. The molecule has 0 spiro atoms. The molecule has 1 N–H and O–H groups in total. The van der Waals surface area contributed by atoms with E-state index < -0.39 is 0 Å². The number of para-hydroxylation sites is 1. The van der Waals surface area contributed by atoms with Crippen molar-refractivity contribution in [2.24, 2.45) is 0 Å². The van der Waals surface area contributed by atoms with E-state index in [1.165, 1.54) is 0 Å². The highest BCUT2D eigenvalue weighted by atomic mass is 79.9. The Bertz CT molecular complexity index is 904. The first-order valence-corrected chi connectivity index (χ1v) is 7.92. The van der Waals surface area contributed by atoms with Crippen LogP contribution in [0.4, 0.5) is 0 Å². The second kappa shape index (κ2) is 5.65. The molecule has 0 atom stereocenters. The minimum atomic E-state index is 0.436. The Morgan fingerprint density at radius 2 is 1.95 bits per heavy atom. The Morgan fingerprint density at radius 3 is 2.67 bits per heavy atom. The van der Waals surface area contributed by atoms with Crippen LogP contribution in [-0.2, 0) is 0 Å². The SMILES string of the molecule is COc1cccc2c1[nH]c(=S)n2-c1ccc(Br)c(Cl)c1Cl. The Morgan fingerprint density at radius 1 is 1.19 bits per heavy atom. The number of nitrogens with zero attached hydrogens (tertiary/aromatic N) is 1. The standard InChI is InChI=1S/C14H9BrCl2N2OS/c1-20-10-4-2-3-9-13(10)18-14(21)19(9)8-6-5-7(15)11(16)12(8)17/h2-6H,1H3,(H,18,21). The number of halogens is 3. The number of hydrogen-bond acceptors (Lipinski definition) is 2. The Balaban J connectivity index is 2.39. The van der Waals surface area contributed by atoms with Gasteiger partial charge in [-0.2, -0.15) is 0 Å². The third-order valence-electron chi connectivity index (χ3n) is 3.16. The topological polar surface area (TPSA) is 29.9 Å². The van der Waals surface area contributed by atoms with Crippen molar-refractivity contribution < 1.29 is 4.74 Å². The summed E-state index contributed by atoms with van der Waals surface area (Å²) >= 11 is 21.3. The number of imidazole rings is 1. The van der Waals surface area contributed by atoms with Gasteiger partial charge in [-0.15, -0.1) is 0 Å². The molecule has 0 aliphatic rings. The molecule has 3 aromatic rings. The van der Waals surface area contributed by atoms with Gasteiger partial charge in [0.25, 0.3) is 0 Å². The summed E-state index contributed by atoms with van der Waals surface area (Å²) < 4.78 is 8.45. The number of methoxy groups -OCH3 is 1. The predicted octanol–water partition coefficient (Wildman–Crippen LogP) is 5.77. The van der Waals surface area contributed by atoms with Crippen LogP contribution in [0.2, 0.25) is 10.0 Å². The lowest BCUT2D eigenvalue weighted by molar-refractivity contribution is 0.419. The molecule has 108 valence electrons. The van der Waals surface area contributed by atoms with Crippen LogP contribution >= 0.6 is 51.3 Å². The fraction of sp³-hybridized carbons (Fsp3) is 0.0714. The van der Waals surface area contributed by atoms with E-state index in [9.17, 15) is 0 Å². The van der Waals surface area contributed by atoms with Gasteiger partial charge in [0.2, 0.25) is 0 Å². The minimum absolute atomic E-state index is 0.436. The number of hydrogen-bond donors (Lipinski definition) is 1. The summed E-state index contributed by atoms with van der Waals surface area (Å²) in [5.74, 6) is 0.719. The van der Waals surface area contributed by atoms with E-state index in [4.69, 9.17) is 40.2 Å². The molecule has 0 unspecified atom stereocenters. The van der Waals surface area contributed by atoms with Gasteiger partial charge in [-0.3, -0.25) is 4.57 Å². The van der Waals surface area contributed by atoms with Gasteiger partial charge >= 0.3 is 0 Å². The lowest BCUT2D eigenvalue weighted by atomic mass is 10.2. The summed E-state index contributed by atoms with van der Waals surface area (Å²) in [5, 5.41) is 0.888. The minimum Gasteiger partial charge on any atom is -0.494 e. The average Bonchev–Trinajstić information content (AvgIpc) is 2.81. The highest BCUT2D eigenvalue weighted by molar-refractivity contribution is 9.10. The van der Waals surface area contributed by atoms with Crippen LogP contribution in [-0.4, -0.2) is 16.7 Å². The smallest absolute Gasteiger partial charge is 0.182 e. The fourth-order valence-electron chi connectivity index (χ4n) is 2.20. The predicted molar refractivity (Wildman–Crippen MR) is 92.7 cm³/mol. The maximum atomic E-state index is 6.36. The summed E-state index contributed by atoms with van der Waals surface area (Å²) in [6.45, 7) is 0. The first-order valence-electron chi connectivity index (χ1n) is 5.96. The Labute approximate surface area is 144 Å². The molecule has 0 amide bonds. The third kappa shape index (κ3) is 2.38. The molecule has 21 heavy (non-hydrogen) atoms. The summed E-state index contributed by atoms with van der Waals surface area (Å²) in [7, 11) is 1.62. The van der Waals surface area contributed by atoms with E-state index in [1.807, 2.05) is 34.9 Å². The van der Waals surface area contributed by atoms with Crippen LogP contribution in [0.25, 0.3) is 16.7 Å². The van der Waals surface area contributed by atoms with Gasteiger partial charge in [-0.1, -0.05) is 29.3 Å². The normalized spacial score (nSPS) is 11.0. The van der Waals surface area contributed by atoms with Crippen LogP contribution in [0.5, 0.6) is 5.75 Å². The molecule has 7 heteroatoms. The maximum absolute atomic E-state index is 6.36. The summed E-state index contributed by atoms with van der Waals surface area (Å²) in [5.41, 5.74) is 2.41. The molecule has 0 bridgehead atoms. The third-order valence-corrected chi connectivity index (χ3v) is 5.20. The highest BCUT2D eigenvalue weighted by Crippen LogP contribution is 2.37. The van der Waals surface area contributed by atoms with Crippen molar-refractivity contribution in [3.8, 4) is 11.4 Å². The summed E-state index contributed by atoms with van der Waals surface area (Å²) in [6.07, 6.45) is 0. The quantitative estimate of drug-likeness (QED) is 0.435. The van der Waals surface area contributed by atoms with Gasteiger partial charge in [0, 0.05) is 4.47 Å². The van der Waals surface area contributed by atoms with E-state index in [-0.39, 0.29) is 0 Å². The largest absolute Gasteiger partial charge is 0.494 e. The van der Waals surface area contributed by atoms with Gasteiger partial charge in [-0.25, -0.2) is 0 Å². The fourth-order valence-corrected chi connectivity index (χ4v) is 3.35. The average molecular weight is 404 g/mol. The zero-order valence-corrected chi connectivity index (χ0v) is 14.7. The Hall–Kier alpha value is -1.01. The number of benzene rings is 2. The molecule has 0 radical (unpaired) electrons. The van der Waals surface area contributed by atoms with Gasteiger partial charge in [0.1, 0.15) is 11.3 Å². The molecule has 1 aromatic heterocycles. The van der Waals surface area contributed by atoms with Gasteiger partial charge in [-0.05, 0) is 52.4 Å². The molecule has 0 saturated heterocycles. The van der Waals surface area contributed by atoms with Crippen LogP contribution in [0.3, 0.4) is 0 Å². The summed E-state index contributed by atoms with van der Waals surface area (Å²) in [6, 6.07) is 9.41. The van der Waals surface area contributed by atoms with Crippen molar-refractivity contribution in [3.05, 3.63) is 49.6 Å². The number of aromatic nitrogens is 2. The van der Waals surface area contributed by atoms with Crippen molar-refractivity contribution in [2.45, 2.75) is 0 Å². The van der Waals surface area contributed by atoms with Crippen molar-refractivity contribution in [2.75, 3.05) is 7.11 Å². The first-order chi connectivity index (χ1) is 10.0. The van der Waals surface area contributed by atoms with Gasteiger partial charge in [0.05, 0.1) is 28.4 Å². The Kier molecular flexibility index (Phi) is 4.01. The number of H-pyrrole nitrogens is 1. The first kappa shape index (κ1) is 14.9. The van der Waals surface area contributed by atoms with Crippen LogP contribution in [0.15, 0.2) is 34.8 Å². The van der Waals surface area contributed by atoms with E-state index in [1.54, 1.807) is 7.11 Å². The molecule has 1 heterocycles. The second-order valence-corrected chi connectivity index (χ2v) is 6.31. The number of aromatic amines is 1. The zero-order valence-electron chi connectivity index (χ0n) is 10.8. The molecule has 0 fully saturated rings. The lowest BCUT2D eigenvalue weighted by Gasteiger charge is -2.10. The van der Waals surface area contributed by atoms with Crippen LogP contribution in [0, 0.1) is 4.77 Å². The number of fused-ring (bicyclic) bond motifs is 1. The molecule has 0 saturated carbocycles. The van der Waals surface area contributed by atoms with Crippen molar-refractivity contribution in [1.82, 2.24) is 9.55 Å².